The van der Waals surface area contributed by atoms with Crippen molar-refractivity contribution < 1.29 is 19.2 Å². The summed E-state index contributed by atoms with van der Waals surface area (Å²) >= 11 is 0. The van der Waals surface area contributed by atoms with Gasteiger partial charge >= 0.3 is 0 Å². The van der Waals surface area contributed by atoms with Crippen LogP contribution in [0.15, 0.2) is 54.6 Å². The van der Waals surface area contributed by atoms with Gasteiger partial charge in [-0.2, -0.15) is 0 Å². The summed E-state index contributed by atoms with van der Waals surface area (Å²) in [6.45, 7) is 1.93. The van der Waals surface area contributed by atoms with E-state index in [1.165, 1.54) is 4.90 Å². The highest BCUT2D eigenvalue weighted by atomic mass is 16.5. The van der Waals surface area contributed by atoms with Gasteiger partial charge in [-0.1, -0.05) is 30.3 Å². The molecule has 1 fully saturated rings. The van der Waals surface area contributed by atoms with E-state index < -0.39 is 0 Å². The number of para-hydroxylation sites is 3. The van der Waals surface area contributed by atoms with Gasteiger partial charge < -0.3 is 20.7 Å². The summed E-state index contributed by atoms with van der Waals surface area (Å²) in [4.78, 5) is 24.8. The molecule has 6 heteroatoms. The Kier molecular flexibility index (Phi) is 5.86. The number of nitrogens with two attached hydrogens (primary N) is 1. The number of benzene rings is 2. The predicted octanol–water partition coefficient (Wildman–Crippen LogP) is 1.20. The third-order valence-corrected chi connectivity index (χ3v) is 4.64. The maximum Gasteiger partial charge on any atom is 0.279 e. The molecule has 2 aromatic carbocycles. The zero-order chi connectivity index (χ0) is 18.4. The zero-order valence-corrected chi connectivity index (χ0v) is 14.6. The van der Waals surface area contributed by atoms with Crippen LogP contribution in [0.2, 0.25) is 0 Å². The number of ether oxygens (including phenoxy) is 1. The van der Waals surface area contributed by atoms with Crippen LogP contribution in [0, 0.1) is 5.92 Å². The van der Waals surface area contributed by atoms with Gasteiger partial charge in [0.2, 0.25) is 5.91 Å². The van der Waals surface area contributed by atoms with E-state index in [1.807, 2.05) is 54.6 Å². The quantitative estimate of drug-likeness (QED) is 0.729. The van der Waals surface area contributed by atoms with Crippen LogP contribution in [-0.2, 0) is 9.59 Å². The fraction of sp³-hybridized carbons (Fsp3) is 0.300. The molecule has 1 aliphatic heterocycles. The van der Waals surface area contributed by atoms with Crippen molar-refractivity contribution in [2.75, 3.05) is 25.0 Å². The molecule has 26 heavy (non-hydrogen) atoms. The molecule has 1 heterocycles. The normalized spacial score (nSPS) is 19.5. The number of anilines is 1. The van der Waals surface area contributed by atoms with Gasteiger partial charge in [0.25, 0.3) is 5.91 Å². The fourth-order valence-corrected chi connectivity index (χ4v) is 3.18. The van der Waals surface area contributed by atoms with E-state index in [4.69, 9.17) is 10.5 Å². The van der Waals surface area contributed by atoms with E-state index in [2.05, 4.69) is 5.32 Å². The van der Waals surface area contributed by atoms with E-state index >= 15 is 0 Å². The average Bonchev–Trinajstić information content (AvgIpc) is 2.64. The first kappa shape index (κ1) is 17.9. The van der Waals surface area contributed by atoms with Gasteiger partial charge in [0.15, 0.2) is 12.3 Å². The Bertz CT molecular complexity index is 756. The van der Waals surface area contributed by atoms with Crippen molar-refractivity contribution >= 4 is 17.5 Å². The lowest BCUT2D eigenvalue weighted by atomic mass is 9.96. The van der Waals surface area contributed by atoms with E-state index in [-0.39, 0.29) is 17.7 Å². The number of rotatable bonds is 6. The second-order valence-electron chi connectivity index (χ2n) is 6.56. The minimum atomic E-state index is -0.236. The molecular weight excluding hydrogens is 330 g/mol. The van der Waals surface area contributed by atoms with Crippen molar-refractivity contribution in [2.24, 2.45) is 11.7 Å². The number of hydrogen-bond donors (Lipinski definition) is 3. The van der Waals surface area contributed by atoms with Gasteiger partial charge in [0.1, 0.15) is 5.75 Å². The molecule has 2 amide bonds. The topological polar surface area (TPSA) is 85.9 Å². The van der Waals surface area contributed by atoms with Crippen LogP contribution in [0.4, 0.5) is 5.69 Å². The second kappa shape index (κ2) is 8.49. The van der Waals surface area contributed by atoms with E-state index in [1.54, 1.807) is 0 Å². The van der Waals surface area contributed by atoms with Crippen LogP contribution in [0.3, 0.4) is 0 Å². The van der Waals surface area contributed by atoms with Crippen LogP contribution in [0.5, 0.6) is 11.5 Å². The molecule has 1 aliphatic rings. The first-order chi connectivity index (χ1) is 12.6. The summed E-state index contributed by atoms with van der Waals surface area (Å²) in [7, 11) is 0. The minimum Gasteiger partial charge on any atom is -0.455 e. The SMILES string of the molecule is NC(=O)C1CC[NH+](CC(=O)Nc2ccccc2Oc2ccccc2)CC1. The lowest BCUT2D eigenvalue weighted by molar-refractivity contribution is -0.897. The van der Waals surface area contributed by atoms with Gasteiger partial charge in [-0.25, -0.2) is 0 Å². The molecule has 0 atom stereocenters. The summed E-state index contributed by atoms with van der Waals surface area (Å²) < 4.78 is 5.87. The highest BCUT2D eigenvalue weighted by Gasteiger charge is 2.27. The lowest BCUT2D eigenvalue weighted by Gasteiger charge is -2.27. The summed E-state index contributed by atoms with van der Waals surface area (Å²) in [5, 5.41) is 2.94. The molecule has 0 saturated carbocycles. The third-order valence-electron chi connectivity index (χ3n) is 4.64. The maximum absolute atomic E-state index is 12.4. The molecule has 0 radical (unpaired) electrons. The Hall–Kier alpha value is -2.86. The predicted molar refractivity (Wildman–Crippen MR) is 99.1 cm³/mol. The molecule has 0 bridgehead atoms. The fourth-order valence-electron chi connectivity index (χ4n) is 3.18. The summed E-state index contributed by atoms with van der Waals surface area (Å²) in [5.74, 6) is 0.965. The van der Waals surface area contributed by atoms with Gasteiger partial charge in [-0.3, -0.25) is 9.59 Å². The standard InChI is InChI=1S/C20H23N3O3/c21-20(25)15-10-12-23(13-11-15)14-19(24)22-17-8-4-5-9-18(17)26-16-6-2-1-3-7-16/h1-9,15H,10-14H2,(H2,21,25)(H,22,24)/p+1. The molecule has 4 N–H and O–H groups in total. The molecule has 1 saturated heterocycles. The van der Waals surface area contributed by atoms with Crippen molar-refractivity contribution in [1.29, 1.82) is 0 Å². The van der Waals surface area contributed by atoms with E-state index in [9.17, 15) is 9.59 Å². The molecular formula is C20H24N3O3+. The van der Waals surface area contributed by atoms with Crippen molar-refractivity contribution in [3.8, 4) is 11.5 Å². The maximum atomic E-state index is 12.4. The molecule has 136 valence electrons. The van der Waals surface area contributed by atoms with Crippen LogP contribution >= 0.6 is 0 Å². The van der Waals surface area contributed by atoms with Gasteiger partial charge in [0, 0.05) is 18.8 Å². The van der Waals surface area contributed by atoms with Crippen LogP contribution in [-0.4, -0.2) is 31.4 Å². The average molecular weight is 354 g/mol. The largest absolute Gasteiger partial charge is 0.455 e. The molecule has 0 unspecified atom stereocenters. The van der Waals surface area contributed by atoms with Crippen molar-refractivity contribution in [2.45, 2.75) is 12.8 Å². The number of amides is 2. The minimum absolute atomic E-state index is 0.0539. The molecule has 0 aromatic heterocycles. The van der Waals surface area contributed by atoms with E-state index in [0.717, 1.165) is 25.9 Å². The second-order valence-corrected chi connectivity index (χ2v) is 6.56. The first-order valence-electron chi connectivity index (χ1n) is 8.86. The highest BCUT2D eigenvalue weighted by molar-refractivity contribution is 5.93. The first-order valence-corrected chi connectivity index (χ1v) is 8.86. The summed E-state index contributed by atoms with van der Waals surface area (Å²) in [6, 6.07) is 16.8. The van der Waals surface area contributed by atoms with Gasteiger partial charge in [-0.15, -0.1) is 0 Å². The Labute approximate surface area is 152 Å². The number of hydrogen-bond acceptors (Lipinski definition) is 3. The molecule has 3 rings (SSSR count). The Balaban J connectivity index is 1.57. The van der Waals surface area contributed by atoms with Crippen molar-refractivity contribution in [3.63, 3.8) is 0 Å². The van der Waals surface area contributed by atoms with Crippen LogP contribution < -0.4 is 20.7 Å². The smallest absolute Gasteiger partial charge is 0.279 e. The van der Waals surface area contributed by atoms with Crippen LogP contribution in [0.1, 0.15) is 12.8 Å². The molecule has 0 aliphatic carbocycles. The van der Waals surface area contributed by atoms with Crippen LogP contribution in [0.25, 0.3) is 0 Å². The number of nitrogens with one attached hydrogen (secondary N) is 2. The Morgan fingerprint density at radius 3 is 2.38 bits per heavy atom. The van der Waals surface area contributed by atoms with E-state index in [0.29, 0.717) is 23.7 Å². The number of likely N-dealkylation sites (tertiary alicyclic amines) is 1. The number of primary amides is 1. The molecule has 6 nitrogen and oxygen atoms in total. The monoisotopic (exact) mass is 354 g/mol. The summed E-state index contributed by atoms with van der Waals surface area (Å²) in [5.41, 5.74) is 6.00. The van der Waals surface area contributed by atoms with Crippen molar-refractivity contribution in [1.82, 2.24) is 0 Å². The number of quaternary nitrogens is 1. The number of carbonyl (C=O) groups excluding carboxylic acids is 2. The Morgan fingerprint density at radius 1 is 1.04 bits per heavy atom. The highest BCUT2D eigenvalue weighted by Crippen LogP contribution is 2.28. The number of carbonyl (C=O) groups is 2. The lowest BCUT2D eigenvalue weighted by Crippen LogP contribution is -3.14. The van der Waals surface area contributed by atoms with Gasteiger partial charge in [0.05, 0.1) is 18.8 Å². The van der Waals surface area contributed by atoms with Gasteiger partial charge in [-0.05, 0) is 24.3 Å². The summed E-state index contributed by atoms with van der Waals surface area (Å²) in [6.07, 6.45) is 1.48. The number of piperidine rings is 1. The molecule has 0 spiro atoms. The molecule has 2 aromatic rings. The Morgan fingerprint density at radius 2 is 1.69 bits per heavy atom. The zero-order valence-electron chi connectivity index (χ0n) is 14.6. The van der Waals surface area contributed by atoms with Crippen molar-refractivity contribution in [3.05, 3.63) is 54.6 Å². The third kappa shape index (κ3) is 4.83.